The Morgan fingerprint density at radius 2 is 1.77 bits per heavy atom. The van der Waals surface area contributed by atoms with Gasteiger partial charge in [0.2, 0.25) is 21.8 Å². The summed E-state index contributed by atoms with van der Waals surface area (Å²) in [7, 11) is -4.18. The van der Waals surface area contributed by atoms with Gasteiger partial charge in [-0.2, -0.15) is 13.2 Å². The van der Waals surface area contributed by atoms with Crippen LogP contribution < -0.4 is 9.62 Å². The number of nitrogens with zero attached hydrogens (tertiary/aromatic N) is 2. The highest BCUT2D eigenvalue weighted by Gasteiger charge is 2.35. The Bertz CT molecular complexity index is 1190. The van der Waals surface area contributed by atoms with Crippen molar-refractivity contribution in [3.8, 4) is 0 Å². The Morgan fingerprint density at radius 1 is 1.14 bits per heavy atom. The zero-order valence-electron chi connectivity index (χ0n) is 19.7. The van der Waals surface area contributed by atoms with E-state index < -0.39 is 51.2 Å². The van der Waals surface area contributed by atoms with Crippen LogP contribution in [-0.4, -0.2) is 50.5 Å². The number of hydrogen-bond acceptors (Lipinski definition) is 4. The topological polar surface area (TPSA) is 86.8 Å². The van der Waals surface area contributed by atoms with Crippen molar-refractivity contribution in [3.05, 3.63) is 64.2 Å². The maximum Gasteiger partial charge on any atom is 0.417 e. The summed E-state index contributed by atoms with van der Waals surface area (Å²) in [5.74, 6) is -1.22. The van der Waals surface area contributed by atoms with Crippen LogP contribution in [0.15, 0.2) is 42.5 Å². The average Bonchev–Trinajstić information content (AvgIpc) is 2.75. The van der Waals surface area contributed by atoms with Gasteiger partial charge >= 0.3 is 6.18 Å². The molecule has 0 aromatic heterocycles. The number of nitrogens with one attached hydrogen (secondary N) is 1. The second-order valence-corrected chi connectivity index (χ2v) is 10.3. The molecule has 0 spiro atoms. The van der Waals surface area contributed by atoms with Crippen LogP contribution in [0.5, 0.6) is 0 Å². The van der Waals surface area contributed by atoms with Gasteiger partial charge in [-0.15, -0.1) is 0 Å². The number of aryl methyl sites for hydroxylation is 1. The molecule has 7 nitrogen and oxygen atoms in total. The average molecular weight is 534 g/mol. The number of likely N-dealkylation sites (N-methyl/N-ethyl adjacent to an activating group) is 1. The first kappa shape index (κ1) is 28.4. The molecule has 0 aliphatic carbocycles. The molecule has 0 aliphatic heterocycles. The predicted octanol–water partition coefficient (Wildman–Crippen LogP) is 3.99. The van der Waals surface area contributed by atoms with Gasteiger partial charge in [0.25, 0.3) is 0 Å². The summed E-state index contributed by atoms with van der Waals surface area (Å²) in [6.45, 7) is 4.53. The first-order chi connectivity index (χ1) is 16.2. The quantitative estimate of drug-likeness (QED) is 0.528. The zero-order valence-corrected chi connectivity index (χ0v) is 21.3. The van der Waals surface area contributed by atoms with Crippen molar-refractivity contribution in [2.45, 2.75) is 39.5 Å². The summed E-state index contributed by atoms with van der Waals surface area (Å²) >= 11 is 5.66. The van der Waals surface area contributed by atoms with Gasteiger partial charge in [-0.25, -0.2) is 8.42 Å². The number of rotatable bonds is 9. The predicted molar refractivity (Wildman–Crippen MR) is 129 cm³/mol. The number of benzene rings is 2. The highest BCUT2D eigenvalue weighted by Crippen LogP contribution is 2.37. The van der Waals surface area contributed by atoms with E-state index >= 15 is 0 Å². The molecule has 0 unspecified atom stereocenters. The first-order valence-corrected chi connectivity index (χ1v) is 12.9. The molecule has 0 fully saturated rings. The molecule has 0 bridgehead atoms. The second-order valence-electron chi connectivity index (χ2n) is 7.95. The maximum atomic E-state index is 13.4. The van der Waals surface area contributed by atoms with Gasteiger partial charge in [-0.3, -0.25) is 13.9 Å². The molecule has 2 rings (SSSR count). The maximum absolute atomic E-state index is 13.4. The Labute approximate surface area is 207 Å². The van der Waals surface area contributed by atoms with Crippen LogP contribution >= 0.6 is 11.6 Å². The zero-order chi connectivity index (χ0) is 26.6. The number of carbonyl (C=O) groups is 2. The Balaban J connectivity index is 2.49. The lowest BCUT2D eigenvalue weighted by atomic mass is 10.1. The van der Waals surface area contributed by atoms with Crippen LogP contribution in [0.2, 0.25) is 5.02 Å². The van der Waals surface area contributed by atoms with Crippen LogP contribution in [0.3, 0.4) is 0 Å². The summed E-state index contributed by atoms with van der Waals surface area (Å²) in [5, 5.41) is 2.02. The van der Waals surface area contributed by atoms with Crippen molar-refractivity contribution in [1.29, 1.82) is 0 Å². The lowest BCUT2D eigenvalue weighted by Crippen LogP contribution is -2.51. The molecule has 2 aromatic carbocycles. The lowest BCUT2D eigenvalue weighted by molar-refractivity contribution is -0.139. The standard InChI is InChI=1S/C23H27ClF3N3O4S/c1-5-28-22(32)16(3)29(13-17-9-7-6-8-15(17)2)21(31)14-30(35(4,33)34)18-10-11-20(24)19(12-18)23(25,26)27/h6-12,16H,5,13-14H2,1-4H3,(H,28,32)/t16-/m0/s1. The molecule has 0 heterocycles. The van der Waals surface area contributed by atoms with Gasteiger partial charge in [0.15, 0.2) is 0 Å². The van der Waals surface area contributed by atoms with Crippen molar-refractivity contribution in [3.63, 3.8) is 0 Å². The molecular weight excluding hydrogens is 507 g/mol. The highest BCUT2D eigenvalue weighted by atomic mass is 35.5. The third kappa shape index (κ3) is 7.35. The third-order valence-corrected chi connectivity index (χ3v) is 6.81. The number of hydrogen-bond donors (Lipinski definition) is 1. The smallest absolute Gasteiger partial charge is 0.355 e. The van der Waals surface area contributed by atoms with Crippen LogP contribution in [0, 0.1) is 6.92 Å². The molecule has 35 heavy (non-hydrogen) atoms. The van der Waals surface area contributed by atoms with E-state index in [2.05, 4.69) is 5.32 Å². The molecule has 2 amide bonds. The number of anilines is 1. The van der Waals surface area contributed by atoms with E-state index in [1.165, 1.54) is 11.8 Å². The van der Waals surface area contributed by atoms with Gasteiger partial charge in [0.1, 0.15) is 12.6 Å². The van der Waals surface area contributed by atoms with Gasteiger partial charge in [-0.1, -0.05) is 35.9 Å². The van der Waals surface area contributed by atoms with Gasteiger partial charge in [-0.05, 0) is 50.1 Å². The van der Waals surface area contributed by atoms with E-state index in [1.807, 2.05) is 19.1 Å². The van der Waals surface area contributed by atoms with E-state index in [9.17, 15) is 31.2 Å². The fourth-order valence-electron chi connectivity index (χ4n) is 3.37. The van der Waals surface area contributed by atoms with E-state index in [4.69, 9.17) is 11.6 Å². The molecule has 0 saturated heterocycles. The van der Waals surface area contributed by atoms with Crippen molar-refractivity contribution in [2.24, 2.45) is 0 Å². The monoisotopic (exact) mass is 533 g/mol. The summed E-state index contributed by atoms with van der Waals surface area (Å²) in [5.41, 5.74) is -0.0288. The number of carbonyl (C=O) groups excluding carboxylic acids is 2. The minimum atomic E-state index is -4.83. The van der Waals surface area contributed by atoms with E-state index in [-0.39, 0.29) is 12.2 Å². The molecule has 192 valence electrons. The Hall–Kier alpha value is -2.79. The molecule has 1 atom stereocenters. The molecule has 2 aromatic rings. The largest absolute Gasteiger partial charge is 0.417 e. The normalized spacial score (nSPS) is 12.7. The third-order valence-electron chi connectivity index (χ3n) is 5.34. The molecular formula is C23H27ClF3N3O4S. The summed E-state index contributed by atoms with van der Waals surface area (Å²) < 4.78 is 65.7. The van der Waals surface area contributed by atoms with Crippen LogP contribution in [0.25, 0.3) is 0 Å². The van der Waals surface area contributed by atoms with Crippen LogP contribution in [-0.2, 0) is 32.3 Å². The second kappa shape index (κ2) is 11.3. The summed E-state index contributed by atoms with van der Waals surface area (Å²) in [4.78, 5) is 27.1. The first-order valence-electron chi connectivity index (χ1n) is 10.6. The number of amides is 2. The number of halogens is 4. The highest BCUT2D eigenvalue weighted by molar-refractivity contribution is 7.92. The molecule has 12 heteroatoms. The van der Waals surface area contributed by atoms with E-state index in [0.29, 0.717) is 16.9 Å². The van der Waals surface area contributed by atoms with Crippen molar-refractivity contribution < 1.29 is 31.2 Å². The molecule has 0 radical (unpaired) electrons. The minimum absolute atomic E-state index is 0.00414. The van der Waals surface area contributed by atoms with Gasteiger partial charge < -0.3 is 10.2 Å². The lowest BCUT2D eigenvalue weighted by Gasteiger charge is -2.32. The van der Waals surface area contributed by atoms with Gasteiger partial charge in [0, 0.05) is 13.1 Å². The van der Waals surface area contributed by atoms with E-state index in [0.717, 1.165) is 29.5 Å². The van der Waals surface area contributed by atoms with Crippen molar-refractivity contribution >= 4 is 39.1 Å². The SMILES string of the molecule is CCNC(=O)[C@H](C)N(Cc1ccccc1C)C(=O)CN(c1ccc(Cl)c(C(F)(F)F)c1)S(C)(=O)=O. The van der Waals surface area contributed by atoms with E-state index in [1.54, 1.807) is 19.1 Å². The van der Waals surface area contributed by atoms with Crippen molar-refractivity contribution in [1.82, 2.24) is 10.2 Å². The van der Waals surface area contributed by atoms with Crippen LogP contribution in [0.4, 0.5) is 18.9 Å². The fraction of sp³-hybridized carbons (Fsp3) is 0.391. The Kier molecular flexibility index (Phi) is 9.18. The number of alkyl halides is 3. The van der Waals surface area contributed by atoms with Crippen molar-refractivity contribution in [2.75, 3.05) is 23.7 Å². The minimum Gasteiger partial charge on any atom is -0.355 e. The number of sulfonamides is 1. The summed E-state index contributed by atoms with van der Waals surface area (Å²) in [6, 6.07) is 8.77. The molecule has 1 N–H and O–H groups in total. The molecule has 0 aliphatic rings. The van der Waals surface area contributed by atoms with Gasteiger partial charge in [0.05, 0.1) is 22.5 Å². The Morgan fingerprint density at radius 3 is 2.31 bits per heavy atom. The molecule has 0 saturated carbocycles. The van der Waals surface area contributed by atoms with Crippen LogP contribution in [0.1, 0.15) is 30.5 Å². The summed E-state index contributed by atoms with van der Waals surface area (Å²) in [6.07, 6.45) is -4.05. The fourth-order valence-corrected chi connectivity index (χ4v) is 4.44.